The second-order valence-electron chi connectivity index (χ2n) is 3.88. The van der Waals surface area contributed by atoms with Gasteiger partial charge in [0.15, 0.2) is 5.78 Å². The third-order valence-electron chi connectivity index (χ3n) is 2.29. The van der Waals surface area contributed by atoms with Gasteiger partial charge in [0.2, 0.25) is 0 Å². The number of allylic oxidation sites excluding steroid dienone is 5. The van der Waals surface area contributed by atoms with Gasteiger partial charge in [-0.15, -0.1) is 0 Å². The summed E-state index contributed by atoms with van der Waals surface area (Å²) in [6, 6.07) is 0. The van der Waals surface area contributed by atoms with Crippen molar-refractivity contribution in [2.24, 2.45) is 0 Å². The van der Waals surface area contributed by atoms with Crippen LogP contribution in [0.5, 0.6) is 0 Å². The summed E-state index contributed by atoms with van der Waals surface area (Å²) in [6.07, 6.45) is 14.8. The summed E-state index contributed by atoms with van der Waals surface area (Å²) in [7, 11) is 1.31. The molecule has 0 spiro atoms. The smallest absolute Gasteiger partial charge is 0.330 e. The van der Waals surface area contributed by atoms with Crippen molar-refractivity contribution in [3.63, 3.8) is 0 Å². The Balaban J connectivity index is 3.73. The summed E-state index contributed by atoms with van der Waals surface area (Å²) in [5.74, 6) is -0.404. The number of ether oxygens (including phenoxy) is 1. The highest BCUT2D eigenvalue weighted by Crippen LogP contribution is 2.00. The zero-order chi connectivity index (χ0) is 13.6. The summed E-state index contributed by atoms with van der Waals surface area (Å²) in [5, 5.41) is 0. The van der Waals surface area contributed by atoms with E-state index in [0.717, 1.165) is 6.42 Å². The summed E-state index contributed by atoms with van der Waals surface area (Å²) < 4.78 is 4.41. The van der Waals surface area contributed by atoms with Gasteiger partial charge in [-0.2, -0.15) is 0 Å². The van der Waals surface area contributed by atoms with Gasteiger partial charge in [0.25, 0.3) is 0 Å². The first-order valence-electron chi connectivity index (χ1n) is 6.31. The van der Waals surface area contributed by atoms with Crippen molar-refractivity contribution in [3.05, 3.63) is 36.5 Å². The first-order chi connectivity index (χ1) is 8.70. The molecule has 0 aromatic carbocycles. The molecular weight excluding hydrogens is 228 g/mol. The van der Waals surface area contributed by atoms with Crippen LogP contribution in [0.3, 0.4) is 0 Å². The fourth-order valence-corrected chi connectivity index (χ4v) is 1.26. The van der Waals surface area contributed by atoms with Crippen LogP contribution in [-0.4, -0.2) is 18.9 Å². The molecule has 0 amide bonds. The molecule has 0 rings (SSSR count). The Bertz CT molecular complexity index is 325. The average Bonchev–Trinajstić information content (AvgIpc) is 2.38. The van der Waals surface area contributed by atoms with Crippen molar-refractivity contribution in [1.29, 1.82) is 0 Å². The molecule has 0 aliphatic rings. The van der Waals surface area contributed by atoms with Gasteiger partial charge in [0.1, 0.15) is 0 Å². The van der Waals surface area contributed by atoms with E-state index in [-0.39, 0.29) is 5.78 Å². The van der Waals surface area contributed by atoms with Crippen LogP contribution < -0.4 is 0 Å². The highest BCUT2D eigenvalue weighted by Gasteiger charge is 1.91. The normalized spacial score (nSPS) is 11.7. The second kappa shape index (κ2) is 11.8. The van der Waals surface area contributed by atoms with Gasteiger partial charge in [-0.3, -0.25) is 4.79 Å². The van der Waals surface area contributed by atoms with E-state index in [1.54, 1.807) is 6.08 Å². The van der Waals surface area contributed by atoms with Crippen molar-refractivity contribution in [3.8, 4) is 0 Å². The van der Waals surface area contributed by atoms with Crippen LogP contribution in [0, 0.1) is 0 Å². The fourth-order valence-electron chi connectivity index (χ4n) is 1.26. The molecule has 0 aliphatic carbocycles. The van der Waals surface area contributed by atoms with Crippen LogP contribution in [-0.2, 0) is 14.3 Å². The molecule has 18 heavy (non-hydrogen) atoms. The molecule has 0 saturated heterocycles. The van der Waals surface area contributed by atoms with E-state index in [1.807, 2.05) is 12.2 Å². The Morgan fingerprint density at radius 2 is 1.78 bits per heavy atom. The van der Waals surface area contributed by atoms with Gasteiger partial charge in [-0.1, -0.05) is 44.1 Å². The monoisotopic (exact) mass is 250 g/mol. The Kier molecular flexibility index (Phi) is 10.8. The SMILES string of the molecule is CCCCC/C=C\CC(=O)/C=C/C=C/C(=O)OC. The quantitative estimate of drug-likeness (QED) is 0.207. The van der Waals surface area contributed by atoms with Crippen LogP contribution in [0.2, 0.25) is 0 Å². The van der Waals surface area contributed by atoms with E-state index in [4.69, 9.17) is 0 Å². The van der Waals surface area contributed by atoms with Crippen molar-refractivity contribution in [1.82, 2.24) is 0 Å². The number of esters is 1. The summed E-state index contributed by atoms with van der Waals surface area (Å²) in [4.78, 5) is 22.1. The molecule has 3 heteroatoms. The molecule has 0 unspecified atom stereocenters. The standard InChI is InChI=1S/C15H22O3/c1-3-4-5-6-7-8-11-14(16)12-9-10-13-15(17)18-2/h7-10,12-13H,3-6,11H2,1-2H3/b8-7-,12-9+,13-10+. The Morgan fingerprint density at radius 3 is 2.44 bits per heavy atom. The third-order valence-corrected chi connectivity index (χ3v) is 2.29. The largest absolute Gasteiger partial charge is 0.466 e. The van der Waals surface area contributed by atoms with E-state index in [9.17, 15) is 9.59 Å². The summed E-state index contributed by atoms with van der Waals surface area (Å²) in [5.41, 5.74) is 0. The maximum absolute atomic E-state index is 11.4. The molecule has 0 radical (unpaired) electrons. The summed E-state index contributed by atoms with van der Waals surface area (Å²) >= 11 is 0. The van der Waals surface area contributed by atoms with Crippen LogP contribution in [0.25, 0.3) is 0 Å². The van der Waals surface area contributed by atoms with Crippen molar-refractivity contribution >= 4 is 11.8 Å². The maximum atomic E-state index is 11.4. The minimum absolute atomic E-state index is 0.0243. The molecule has 0 aromatic heterocycles. The van der Waals surface area contributed by atoms with Gasteiger partial charge >= 0.3 is 5.97 Å². The van der Waals surface area contributed by atoms with Crippen LogP contribution in [0.4, 0.5) is 0 Å². The van der Waals surface area contributed by atoms with Gasteiger partial charge in [0, 0.05) is 12.5 Å². The Labute approximate surface area is 109 Å². The third kappa shape index (κ3) is 10.9. The molecule has 3 nitrogen and oxygen atoms in total. The number of hydrogen-bond acceptors (Lipinski definition) is 3. The van der Waals surface area contributed by atoms with Crippen molar-refractivity contribution in [2.45, 2.75) is 39.0 Å². The minimum atomic E-state index is -0.428. The fraction of sp³-hybridized carbons (Fsp3) is 0.467. The number of carbonyl (C=O) groups excluding carboxylic acids is 2. The zero-order valence-corrected chi connectivity index (χ0v) is 11.2. The van der Waals surface area contributed by atoms with Gasteiger partial charge < -0.3 is 4.74 Å². The van der Waals surface area contributed by atoms with E-state index < -0.39 is 5.97 Å². The lowest BCUT2D eigenvalue weighted by molar-refractivity contribution is -0.134. The number of hydrogen-bond donors (Lipinski definition) is 0. The van der Waals surface area contributed by atoms with E-state index in [2.05, 4.69) is 11.7 Å². The number of carbonyl (C=O) groups is 2. The van der Waals surface area contributed by atoms with E-state index in [0.29, 0.717) is 6.42 Å². The number of ketones is 1. The van der Waals surface area contributed by atoms with Gasteiger partial charge in [-0.25, -0.2) is 4.79 Å². The lowest BCUT2D eigenvalue weighted by Gasteiger charge is -1.91. The highest BCUT2D eigenvalue weighted by molar-refractivity contribution is 5.91. The van der Waals surface area contributed by atoms with E-state index in [1.165, 1.54) is 44.6 Å². The molecule has 0 saturated carbocycles. The molecule has 0 aliphatic heterocycles. The van der Waals surface area contributed by atoms with Crippen LogP contribution >= 0.6 is 0 Å². The second-order valence-corrected chi connectivity index (χ2v) is 3.88. The zero-order valence-electron chi connectivity index (χ0n) is 11.2. The maximum Gasteiger partial charge on any atom is 0.330 e. The number of methoxy groups -OCH3 is 1. The summed E-state index contributed by atoms with van der Waals surface area (Å²) in [6.45, 7) is 2.17. The van der Waals surface area contributed by atoms with Crippen LogP contribution in [0.15, 0.2) is 36.5 Å². The molecule has 0 heterocycles. The van der Waals surface area contributed by atoms with Crippen molar-refractivity contribution < 1.29 is 14.3 Å². The highest BCUT2D eigenvalue weighted by atomic mass is 16.5. The molecule has 100 valence electrons. The predicted molar refractivity (Wildman–Crippen MR) is 73.2 cm³/mol. The first kappa shape index (κ1) is 16.4. The lowest BCUT2D eigenvalue weighted by atomic mass is 10.2. The van der Waals surface area contributed by atoms with Gasteiger partial charge in [0.05, 0.1) is 7.11 Å². The van der Waals surface area contributed by atoms with Crippen LogP contribution in [0.1, 0.15) is 39.0 Å². The molecule has 0 fully saturated rings. The Morgan fingerprint density at radius 1 is 1.06 bits per heavy atom. The lowest BCUT2D eigenvalue weighted by Crippen LogP contribution is -1.93. The van der Waals surface area contributed by atoms with Crippen molar-refractivity contribution in [2.75, 3.05) is 7.11 Å². The number of unbranched alkanes of at least 4 members (excludes halogenated alkanes) is 3. The van der Waals surface area contributed by atoms with Gasteiger partial charge in [-0.05, 0) is 18.9 Å². The average molecular weight is 250 g/mol. The molecule has 0 N–H and O–H groups in total. The predicted octanol–water partition coefficient (Wildman–Crippen LogP) is 3.37. The molecule has 0 aromatic rings. The van der Waals surface area contributed by atoms with E-state index >= 15 is 0 Å². The molecular formula is C15H22O3. The topological polar surface area (TPSA) is 43.4 Å². The number of rotatable bonds is 9. The molecule has 0 bridgehead atoms. The molecule has 0 atom stereocenters. The minimum Gasteiger partial charge on any atom is -0.466 e. The Hall–Kier alpha value is -1.64. The first-order valence-corrected chi connectivity index (χ1v) is 6.31.